The van der Waals surface area contributed by atoms with Crippen molar-refractivity contribution in [3.63, 3.8) is 0 Å². The maximum Gasteiger partial charge on any atom is 0.143 e. The van der Waals surface area contributed by atoms with Crippen molar-refractivity contribution >= 4 is 53.4 Å². The van der Waals surface area contributed by atoms with Gasteiger partial charge in [-0.15, -0.1) is 11.3 Å². The van der Waals surface area contributed by atoms with Gasteiger partial charge in [0, 0.05) is 5.56 Å². The first-order valence-corrected chi connectivity index (χ1v) is 7.59. The number of fused-ring (bicyclic) bond motifs is 1. The number of rotatable bonds is 1. The molecule has 0 unspecified atom stereocenters. The van der Waals surface area contributed by atoms with Crippen LogP contribution in [-0.4, -0.2) is 10.1 Å². The Morgan fingerprint density at radius 3 is 2.39 bits per heavy atom. The predicted molar refractivity (Wildman–Crippen MR) is 82.1 cm³/mol. The standard InChI is InChI=1S/C13H7Br2NOS/c14-8-5-7(6-9(15)12(8)17)13-16-10-3-1-2-4-11(10)18-13/h1-6,17H. The number of hydrogen-bond acceptors (Lipinski definition) is 3. The van der Waals surface area contributed by atoms with Crippen molar-refractivity contribution in [2.24, 2.45) is 0 Å². The first-order valence-electron chi connectivity index (χ1n) is 5.19. The Balaban J connectivity index is 2.20. The monoisotopic (exact) mass is 383 g/mol. The third kappa shape index (κ3) is 2.06. The van der Waals surface area contributed by atoms with Gasteiger partial charge >= 0.3 is 0 Å². The van der Waals surface area contributed by atoms with Crippen LogP contribution >= 0.6 is 43.2 Å². The van der Waals surface area contributed by atoms with E-state index in [1.807, 2.05) is 30.3 Å². The number of hydrogen-bond donors (Lipinski definition) is 1. The normalized spacial score (nSPS) is 11.0. The van der Waals surface area contributed by atoms with Crippen molar-refractivity contribution in [2.75, 3.05) is 0 Å². The highest BCUT2D eigenvalue weighted by Crippen LogP contribution is 2.38. The number of thiazole rings is 1. The van der Waals surface area contributed by atoms with Crippen LogP contribution in [0.15, 0.2) is 45.3 Å². The average molecular weight is 385 g/mol. The average Bonchev–Trinajstić information content (AvgIpc) is 2.79. The summed E-state index contributed by atoms with van der Waals surface area (Å²) in [5.41, 5.74) is 1.98. The van der Waals surface area contributed by atoms with Crippen molar-refractivity contribution in [2.45, 2.75) is 0 Å². The van der Waals surface area contributed by atoms with Crippen LogP contribution in [0.5, 0.6) is 5.75 Å². The van der Waals surface area contributed by atoms with Crippen LogP contribution in [0.2, 0.25) is 0 Å². The van der Waals surface area contributed by atoms with Gasteiger partial charge in [0.15, 0.2) is 0 Å². The Labute approximate surface area is 125 Å². The second kappa shape index (κ2) is 4.64. The molecule has 0 aliphatic rings. The molecule has 0 amide bonds. The molecule has 0 bridgehead atoms. The van der Waals surface area contributed by atoms with Gasteiger partial charge in [-0.1, -0.05) is 12.1 Å². The van der Waals surface area contributed by atoms with Crippen molar-refractivity contribution in [3.05, 3.63) is 45.3 Å². The third-order valence-corrected chi connectivity index (χ3v) is 4.85. The van der Waals surface area contributed by atoms with Crippen molar-refractivity contribution < 1.29 is 5.11 Å². The molecule has 2 nitrogen and oxygen atoms in total. The SMILES string of the molecule is Oc1c(Br)cc(-c2nc3ccccc3s2)cc1Br. The molecule has 1 aromatic heterocycles. The van der Waals surface area contributed by atoms with Crippen LogP contribution in [-0.2, 0) is 0 Å². The zero-order valence-corrected chi connectivity index (χ0v) is 13.0. The molecule has 90 valence electrons. The van der Waals surface area contributed by atoms with E-state index in [2.05, 4.69) is 42.9 Å². The molecule has 3 aromatic rings. The summed E-state index contributed by atoms with van der Waals surface area (Å²) in [5, 5.41) is 10.6. The lowest BCUT2D eigenvalue weighted by Gasteiger charge is -2.03. The first-order chi connectivity index (χ1) is 8.65. The maximum absolute atomic E-state index is 9.71. The number of halogens is 2. The Bertz CT molecular complexity index is 683. The molecule has 0 fully saturated rings. The Hall–Kier alpha value is -0.910. The van der Waals surface area contributed by atoms with Gasteiger partial charge in [-0.05, 0) is 56.1 Å². The van der Waals surface area contributed by atoms with Gasteiger partial charge in [0.25, 0.3) is 0 Å². The molecule has 5 heteroatoms. The fourth-order valence-electron chi connectivity index (χ4n) is 1.68. The molecule has 1 N–H and O–H groups in total. The number of aromatic hydroxyl groups is 1. The van der Waals surface area contributed by atoms with E-state index in [1.54, 1.807) is 11.3 Å². The Morgan fingerprint density at radius 2 is 1.72 bits per heavy atom. The topological polar surface area (TPSA) is 33.1 Å². The largest absolute Gasteiger partial charge is 0.506 e. The lowest BCUT2D eigenvalue weighted by molar-refractivity contribution is 0.468. The quantitative estimate of drug-likeness (QED) is 0.625. The van der Waals surface area contributed by atoms with E-state index < -0.39 is 0 Å². The van der Waals surface area contributed by atoms with E-state index in [9.17, 15) is 5.11 Å². The molecule has 0 spiro atoms. The van der Waals surface area contributed by atoms with Gasteiger partial charge in [-0.25, -0.2) is 4.98 Å². The summed E-state index contributed by atoms with van der Waals surface area (Å²) >= 11 is 8.31. The van der Waals surface area contributed by atoms with Crippen molar-refractivity contribution in [1.29, 1.82) is 0 Å². The van der Waals surface area contributed by atoms with E-state index >= 15 is 0 Å². The molecular formula is C13H7Br2NOS. The first kappa shape index (κ1) is 12.1. The Morgan fingerprint density at radius 1 is 1.06 bits per heavy atom. The fourth-order valence-corrected chi connectivity index (χ4v) is 3.82. The summed E-state index contributed by atoms with van der Waals surface area (Å²) in [5.74, 6) is 0.208. The Kier molecular flexibility index (Phi) is 3.13. The van der Waals surface area contributed by atoms with Crippen LogP contribution in [0.4, 0.5) is 0 Å². The summed E-state index contributed by atoms with van der Waals surface area (Å²) in [7, 11) is 0. The van der Waals surface area contributed by atoms with Gasteiger partial charge in [-0.2, -0.15) is 0 Å². The maximum atomic E-state index is 9.71. The summed E-state index contributed by atoms with van der Waals surface area (Å²) in [6.07, 6.45) is 0. The van der Waals surface area contributed by atoms with Gasteiger partial charge < -0.3 is 5.11 Å². The lowest BCUT2D eigenvalue weighted by atomic mass is 10.2. The smallest absolute Gasteiger partial charge is 0.143 e. The second-order valence-corrected chi connectivity index (χ2v) is 6.51. The number of aromatic nitrogens is 1. The van der Waals surface area contributed by atoms with Crippen LogP contribution < -0.4 is 0 Å². The molecule has 0 aliphatic heterocycles. The van der Waals surface area contributed by atoms with E-state index in [-0.39, 0.29) is 5.75 Å². The van der Waals surface area contributed by atoms with Gasteiger partial charge in [0.05, 0.1) is 19.2 Å². The number of nitrogens with zero attached hydrogens (tertiary/aromatic N) is 1. The molecule has 0 aliphatic carbocycles. The van der Waals surface area contributed by atoms with Crippen LogP contribution in [0.1, 0.15) is 0 Å². The molecule has 0 saturated heterocycles. The molecule has 2 aromatic carbocycles. The molecule has 0 atom stereocenters. The second-order valence-electron chi connectivity index (χ2n) is 3.78. The lowest BCUT2D eigenvalue weighted by Crippen LogP contribution is -1.79. The number of phenolic OH excluding ortho intramolecular Hbond substituents is 1. The molecule has 18 heavy (non-hydrogen) atoms. The van der Waals surface area contributed by atoms with Crippen molar-refractivity contribution in [3.8, 4) is 16.3 Å². The minimum Gasteiger partial charge on any atom is -0.506 e. The van der Waals surface area contributed by atoms with E-state index in [1.165, 1.54) is 0 Å². The fraction of sp³-hybridized carbons (Fsp3) is 0. The minimum atomic E-state index is 0.208. The summed E-state index contributed by atoms with van der Waals surface area (Å²) < 4.78 is 2.48. The highest BCUT2D eigenvalue weighted by Gasteiger charge is 2.10. The number of phenols is 1. The zero-order valence-electron chi connectivity index (χ0n) is 9.02. The molecule has 0 saturated carbocycles. The molecule has 0 radical (unpaired) electrons. The van der Waals surface area contributed by atoms with Gasteiger partial charge in [0.1, 0.15) is 10.8 Å². The van der Waals surface area contributed by atoms with E-state index in [4.69, 9.17) is 0 Å². The molecule has 1 heterocycles. The molecule has 3 rings (SSSR count). The number of para-hydroxylation sites is 1. The summed E-state index contributed by atoms with van der Waals surface area (Å²) in [4.78, 5) is 4.59. The van der Waals surface area contributed by atoms with E-state index in [0.717, 1.165) is 20.8 Å². The molecular weight excluding hydrogens is 378 g/mol. The van der Waals surface area contributed by atoms with Gasteiger partial charge in [0.2, 0.25) is 0 Å². The van der Waals surface area contributed by atoms with Crippen LogP contribution in [0.25, 0.3) is 20.8 Å². The van der Waals surface area contributed by atoms with Crippen LogP contribution in [0, 0.1) is 0 Å². The predicted octanol–water partition coefficient (Wildman–Crippen LogP) is 5.19. The zero-order chi connectivity index (χ0) is 12.7. The third-order valence-electron chi connectivity index (χ3n) is 2.56. The highest BCUT2D eigenvalue weighted by atomic mass is 79.9. The highest BCUT2D eigenvalue weighted by molar-refractivity contribution is 9.11. The van der Waals surface area contributed by atoms with Crippen molar-refractivity contribution in [1.82, 2.24) is 4.98 Å². The summed E-state index contributed by atoms with van der Waals surface area (Å²) in [6, 6.07) is 11.8. The summed E-state index contributed by atoms with van der Waals surface area (Å²) in [6.45, 7) is 0. The van der Waals surface area contributed by atoms with Crippen LogP contribution in [0.3, 0.4) is 0 Å². The minimum absolute atomic E-state index is 0.208. The van der Waals surface area contributed by atoms with Gasteiger partial charge in [-0.3, -0.25) is 0 Å². The van der Waals surface area contributed by atoms with E-state index in [0.29, 0.717) is 8.95 Å². The number of benzene rings is 2.